The Bertz CT molecular complexity index is 1040. The van der Waals surface area contributed by atoms with Gasteiger partial charge in [0.1, 0.15) is 10.3 Å². The summed E-state index contributed by atoms with van der Waals surface area (Å²) in [5.74, 6) is 0. The summed E-state index contributed by atoms with van der Waals surface area (Å²) in [4.78, 5) is 39.1. The molecule has 6 nitrogen and oxygen atoms in total. The molecular formula is C12H6N4O2S2. The van der Waals surface area contributed by atoms with Crippen LogP contribution >= 0.6 is 22.7 Å². The molecule has 0 saturated carbocycles. The van der Waals surface area contributed by atoms with Crippen molar-refractivity contribution in [2.45, 2.75) is 0 Å². The molecule has 4 rings (SSSR count). The molecule has 0 unspecified atom stereocenters. The molecule has 4 aromatic rings. The van der Waals surface area contributed by atoms with Crippen LogP contribution in [0.5, 0.6) is 0 Å². The minimum atomic E-state index is -0.579. The van der Waals surface area contributed by atoms with Gasteiger partial charge in [-0.05, 0) is 17.5 Å². The van der Waals surface area contributed by atoms with Gasteiger partial charge in [0.05, 0.1) is 0 Å². The number of rotatable bonds is 1. The second-order valence-electron chi connectivity index (χ2n) is 4.11. The lowest BCUT2D eigenvalue weighted by Gasteiger charge is -1.94. The summed E-state index contributed by atoms with van der Waals surface area (Å²) in [5.41, 5.74) is -0.0697. The van der Waals surface area contributed by atoms with Crippen LogP contribution in [0.1, 0.15) is 0 Å². The zero-order chi connectivity index (χ0) is 13.7. The fourth-order valence-corrected chi connectivity index (χ4v) is 3.75. The number of nitrogens with zero attached hydrogens (tertiary/aromatic N) is 2. The third kappa shape index (κ3) is 1.69. The van der Waals surface area contributed by atoms with Crippen molar-refractivity contribution in [3.8, 4) is 9.75 Å². The summed E-state index contributed by atoms with van der Waals surface area (Å²) in [7, 11) is 0. The highest BCUT2D eigenvalue weighted by molar-refractivity contribution is 7.25. The van der Waals surface area contributed by atoms with Crippen LogP contribution in [0.2, 0.25) is 0 Å². The molecule has 0 fully saturated rings. The Balaban J connectivity index is 2.08. The lowest BCUT2D eigenvalue weighted by atomic mass is 10.3. The maximum absolute atomic E-state index is 11.7. The van der Waals surface area contributed by atoms with E-state index >= 15 is 0 Å². The summed E-state index contributed by atoms with van der Waals surface area (Å²) in [6.45, 7) is 0. The van der Waals surface area contributed by atoms with Crippen molar-refractivity contribution in [3.05, 3.63) is 44.4 Å². The quantitative estimate of drug-likeness (QED) is 0.562. The largest absolute Gasteiger partial charge is 0.327 e. The molecule has 0 aliphatic heterocycles. The molecular weight excluding hydrogens is 296 g/mol. The second-order valence-corrected chi connectivity index (χ2v) is 6.09. The van der Waals surface area contributed by atoms with Gasteiger partial charge in [-0.15, -0.1) is 22.7 Å². The van der Waals surface area contributed by atoms with E-state index in [4.69, 9.17) is 0 Å². The summed E-state index contributed by atoms with van der Waals surface area (Å²) >= 11 is 3.11. The van der Waals surface area contributed by atoms with Gasteiger partial charge in [-0.3, -0.25) is 14.8 Å². The zero-order valence-electron chi connectivity index (χ0n) is 9.84. The van der Waals surface area contributed by atoms with Crippen LogP contribution in [0.3, 0.4) is 0 Å². The molecule has 8 heteroatoms. The van der Waals surface area contributed by atoms with Gasteiger partial charge in [0.25, 0.3) is 5.56 Å². The smallest absolute Gasteiger partial charge is 0.290 e. The van der Waals surface area contributed by atoms with Gasteiger partial charge in [0.15, 0.2) is 11.2 Å². The number of H-pyrrole nitrogens is 2. The van der Waals surface area contributed by atoms with Gasteiger partial charge >= 0.3 is 5.69 Å². The Hall–Kier alpha value is -2.32. The molecule has 0 aromatic carbocycles. The predicted molar refractivity (Wildman–Crippen MR) is 79.5 cm³/mol. The molecule has 2 N–H and O–H groups in total. The van der Waals surface area contributed by atoms with Gasteiger partial charge in [-0.1, -0.05) is 6.07 Å². The van der Waals surface area contributed by atoms with Crippen molar-refractivity contribution in [2.75, 3.05) is 0 Å². The highest BCUT2D eigenvalue weighted by atomic mass is 32.1. The molecule has 0 saturated heterocycles. The lowest BCUT2D eigenvalue weighted by Crippen LogP contribution is -2.23. The Morgan fingerprint density at radius 3 is 2.80 bits per heavy atom. The van der Waals surface area contributed by atoms with Crippen LogP contribution in [-0.2, 0) is 0 Å². The van der Waals surface area contributed by atoms with Crippen LogP contribution in [0, 0.1) is 0 Å². The first-order valence-electron chi connectivity index (χ1n) is 5.68. The summed E-state index contributed by atoms with van der Waals surface area (Å²) in [6.07, 6.45) is 0. The normalized spacial score (nSPS) is 11.4. The van der Waals surface area contributed by atoms with Gasteiger partial charge in [0, 0.05) is 9.75 Å². The highest BCUT2D eigenvalue weighted by Crippen LogP contribution is 2.34. The van der Waals surface area contributed by atoms with E-state index in [1.807, 2.05) is 23.6 Å². The number of thiophene rings is 2. The minimum Gasteiger partial charge on any atom is -0.290 e. The van der Waals surface area contributed by atoms with Crippen LogP contribution in [0.15, 0.2) is 33.2 Å². The number of aromatic nitrogens is 4. The van der Waals surface area contributed by atoms with Crippen molar-refractivity contribution in [2.24, 2.45) is 0 Å². The zero-order valence-corrected chi connectivity index (χ0v) is 11.5. The molecule has 0 aliphatic carbocycles. The van der Waals surface area contributed by atoms with Gasteiger partial charge in [-0.2, -0.15) is 0 Å². The summed E-state index contributed by atoms with van der Waals surface area (Å²) in [6, 6.07) is 5.91. The molecule has 98 valence electrons. The fraction of sp³-hybridized carbons (Fsp3) is 0. The molecule has 0 spiro atoms. The van der Waals surface area contributed by atoms with Crippen molar-refractivity contribution in [1.29, 1.82) is 0 Å². The molecule has 4 aromatic heterocycles. The first-order chi connectivity index (χ1) is 9.70. The van der Waals surface area contributed by atoms with Crippen LogP contribution in [-0.4, -0.2) is 19.9 Å². The molecule has 0 bridgehead atoms. The van der Waals surface area contributed by atoms with E-state index in [0.717, 1.165) is 9.75 Å². The average molecular weight is 302 g/mol. The van der Waals surface area contributed by atoms with Gasteiger partial charge in [-0.25, -0.2) is 14.8 Å². The van der Waals surface area contributed by atoms with E-state index in [2.05, 4.69) is 19.9 Å². The highest BCUT2D eigenvalue weighted by Gasteiger charge is 2.11. The Kier molecular flexibility index (Phi) is 2.35. The van der Waals surface area contributed by atoms with E-state index in [0.29, 0.717) is 10.3 Å². The van der Waals surface area contributed by atoms with Crippen molar-refractivity contribution in [3.63, 3.8) is 0 Å². The monoisotopic (exact) mass is 302 g/mol. The maximum atomic E-state index is 11.7. The Morgan fingerprint density at radius 2 is 2.00 bits per heavy atom. The molecule has 0 aliphatic rings. The third-order valence-corrected chi connectivity index (χ3v) is 4.89. The molecule has 0 atom stereocenters. The van der Waals surface area contributed by atoms with Gasteiger partial charge in [0.2, 0.25) is 0 Å². The average Bonchev–Trinajstić information content (AvgIpc) is 3.05. The minimum absolute atomic E-state index is 0.150. The van der Waals surface area contributed by atoms with Crippen molar-refractivity contribution in [1.82, 2.24) is 19.9 Å². The van der Waals surface area contributed by atoms with Crippen LogP contribution in [0.25, 0.3) is 31.3 Å². The topological polar surface area (TPSA) is 91.5 Å². The second kappa shape index (κ2) is 4.09. The van der Waals surface area contributed by atoms with Crippen molar-refractivity contribution < 1.29 is 0 Å². The predicted octanol–water partition coefficient (Wildman–Crippen LogP) is 1.95. The van der Waals surface area contributed by atoms with E-state index in [1.54, 1.807) is 11.3 Å². The lowest BCUT2D eigenvalue weighted by molar-refractivity contribution is 1.06. The molecule has 4 heterocycles. The van der Waals surface area contributed by atoms with E-state index in [9.17, 15) is 9.59 Å². The van der Waals surface area contributed by atoms with E-state index < -0.39 is 11.2 Å². The fourth-order valence-electron chi connectivity index (χ4n) is 1.95. The van der Waals surface area contributed by atoms with Gasteiger partial charge < -0.3 is 0 Å². The van der Waals surface area contributed by atoms with Crippen LogP contribution < -0.4 is 11.2 Å². The van der Waals surface area contributed by atoms with E-state index in [1.165, 1.54) is 11.3 Å². The number of hydrogen-bond donors (Lipinski definition) is 2. The molecule has 0 amide bonds. The molecule has 20 heavy (non-hydrogen) atoms. The Labute approximate surface area is 118 Å². The van der Waals surface area contributed by atoms with Crippen molar-refractivity contribution >= 4 is 44.2 Å². The first kappa shape index (κ1) is 11.5. The van der Waals surface area contributed by atoms with Crippen LogP contribution in [0.4, 0.5) is 0 Å². The number of nitrogens with one attached hydrogen (secondary N) is 2. The number of aromatic amines is 2. The summed E-state index contributed by atoms with van der Waals surface area (Å²) < 4.78 is 0. The Morgan fingerprint density at radius 1 is 1.10 bits per heavy atom. The number of fused-ring (bicyclic) bond motifs is 2. The first-order valence-corrected chi connectivity index (χ1v) is 7.38. The molecule has 0 radical (unpaired) electrons. The number of hydrogen-bond acceptors (Lipinski definition) is 6. The summed E-state index contributed by atoms with van der Waals surface area (Å²) in [5, 5.41) is 2.00. The third-order valence-electron chi connectivity index (χ3n) is 2.80. The SMILES string of the molecule is O=c1[nH]c(=O)c2nc3sc(-c4cccs4)cc3nc2[nH]1. The standard InChI is InChI=1S/C12H6N4O2S2/c17-10-8-9(15-12(18)16-10)13-5-4-7(20-11(5)14-8)6-2-1-3-19-6/h1-4H,(H2,13,15,16,17,18). The van der Waals surface area contributed by atoms with E-state index in [-0.39, 0.29) is 11.2 Å². The maximum Gasteiger partial charge on any atom is 0.327 e.